The van der Waals surface area contributed by atoms with Crippen molar-refractivity contribution in [2.45, 2.75) is 58.0 Å². The Morgan fingerprint density at radius 2 is 1.97 bits per heavy atom. The number of fused-ring (bicyclic) bond motifs is 1. The zero-order valence-corrected chi connectivity index (χ0v) is 20.0. The van der Waals surface area contributed by atoms with Gasteiger partial charge in [-0.25, -0.2) is 4.98 Å². The first-order chi connectivity index (χ1) is 14.9. The molecule has 7 heteroatoms. The van der Waals surface area contributed by atoms with E-state index in [1.165, 1.54) is 11.1 Å². The number of hydrogen-bond acceptors (Lipinski definition) is 4. The summed E-state index contributed by atoms with van der Waals surface area (Å²) in [5, 5.41) is 5.73. The molecule has 4 rings (SSSR count). The van der Waals surface area contributed by atoms with Crippen LogP contribution in [-0.4, -0.2) is 22.0 Å². The first kappa shape index (κ1) is 22.0. The molecule has 0 radical (unpaired) electrons. The second kappa shape index (κ2) is 9.53. The van der Waals surface area contributed by atoms with Gasteiger partial charge in [-0.3, -0.25) is 4.79 Å². The van der Waals surface area contributed by atoms with Crippen LogP contribution in [0.3, 0.4) is 0 Å². The van der Waals surface area contributed by atoms with Crippen molar-refractivity contribution in [2.24, 2.45) is 5.10 Å². The Kier molecular flexibility index (Phi) is 6.77. The van der Waals surface area contributed by atoms with Gasteiger partial charge in [-0.05, 0) is 66.9 Å². The SMILES string of the molecule is CC(C)Oc1c(Br)cc(Cl)cc1C=Nn1c(C2CCCCC2)nc2ccccc2c1=O. The molecule has 1 saturated carbocycles. The van der Waals surface area contributed by atoms with Crippen LogP contribution in [0, 0.1) is 0 Å². The van der Waals surface area contributed by atoms with Crippen LogP contribution in [0.5, 0.6) is 5.75 Å². The molecular weight excluding hydrogens is 478 g/mol. The van der Waals surface area contributed by atoms with Crippen molar-refractivity contribution in [1.82, 2.24) is 9.66 Å². The van der Waals surface area contributed by atoms with E-state index in [9.17, 15) is 4.79 Å². The number of ether oxygens (including phenoxy) is 1. The van der Waals surface area contributed by atoms with Gasteiger partial charge in [0.1, 0.15) is 11.6 Å². The smallest absolute Gasteiger partial charge is 0.282 e. The number of halogens is 2. The second-order valence-electron chi connectivity index (χ2n) is 8.16. The van der Waals surface area contributed by atoms with Crippen molar-refractivity contribution >= 4 is 44.6 Å². The average Bonchev–Trinajstić information content (AvgIpc) is 2.75. The molecular formula is C24H25BrClN3O2. The predicted octanol–water partition coefficient (Wildman–Crippen LogP) is 6.53. The molecule has 5 nitrogen and oxygen atoms in total. The summed E-state index contributed by atoms with van der Waals surface area (Å²) in [6.07, 6.45) is 7.17. The summed E-state index contributed by atoms with van der Waals surface area (Å²) >= 11 is 9.80. The van der Waals surface area contributed by atoms with E-state index in [1.54, 1.807) is 24.4 Å². The fourth-order valence-corrected chi connectivity index (χ4v) is 4.96. The highest BCUT2D eigenvalue weighted by Gasteiger charge is 2.22. The van der Waals surface area contributed by atoms with Crippen LogP contribution in [0.1, 0.15) is 63.3 Å². The largest absolute Gasteiger partial charge is 0.489 e. The van der Waals surface area contributed by atoms with Crippen molar-refractivity contribution in [3.63, 3.8) is 0 Å². The van der Waals surface area contributed by atoms with Gasteiger partial charge in [-0.15, -0.1) is 0 Å². The molecule has 1 aromatic heterocycles. The lowest BCUT2D eigenvalue weighted by atomic mass is 9.88. The number of rotatable bonds is 5. The predicted molar refractivity (Wildman–Crippen MR) is 130 cm³/mol. The number of para-hydroxylation sites is 1. The van der Waals surface area contributed by atoms with Gasteiger partial charge in [0.2, 0.25) is 0 Å². The zero-order valence-electron chi connectivity index (χ0n) is 17.6. The minimum Gasteiger partial charge on any atom is -0.489 e. The zero-order chi connectivity index (χ0) is 22.0. The number of hydrogen-bond donors (Lipinski definition) is 0. The number of aromatic nitrogens is 2. The summed E-state index contributed by atoms with van der Waals surface area (Å²) in [6, 6.07) is 11.0. The molecule has 0 unspecified atom stereocenters. The molecule has 2 aromatic carbocycles. The highest BCUT2D eigenvalue weighted by Crippen LogP contribution is 2.34. The maximum atomic E-state index is 13.4. The Hall–Kier alpha value is -2.18. The Labute approximate surface area is 195 Å². The van der Waals surface area contributed by atoms with E-state index in [4.69, 9.17) is 21.3 Å². The first-order valence-corrected chi connectivity index (χ1v) is 11.8. The van der Waals surface area contributed by atoms with Gasteiger partial charge in [-0.2, -0.15) is 9.78 Å². The van der Waals surface area contributed by atoms with Gasteiger partial charge >= 0.3 is 0 Å². The van der Waals surface area contributed by atoms with Crippen molar-refractivity contribution in [2.75, 3.05) is 0 Å². The van der Waals surface area contributed by atoms with E-state index in [0.29, 0.717) is 27.2 Å². The lowest BCUT2D eigenvalue weighted by molar-refractivity contribution is 0.240. The third-order valence-electron chi connectivity index (χ3n) is 5.45. The Morgan fingerprint density at radius 3 is 2.71 bits per heavy atom. The summed E-state index contributed by atoms with van der Waals surface area (Å²) in [7, 11) is 0. The van der Waals surface area contributed by atoms with Gasteiger partial charge in [0.15, 0.2) is 0 Å². The Balaban J connectivity index is 1.85. The second-order valence-corrected chi connectivity index (χ2v) is 9.45. The summed E-state index contributed by atoms with van der Waals surface area (Å²) in [4.78, 5) is 18.2. The molecule has 0 atom stereocenters. The molecule has 3 aromatic rings. The number of benzene rings is 2. The standard InChI is InChI=1S/C24H25BrClN3O2/c1-15(2)31-22-17(12-18(26)13-20(22)25)14-27-29-23(16-8-4-3-5-9-16)28-21-11-7-6-10-19(21)24(29)30/h6-7,10-16H,3-5,8-9H2,1-2H3. The van der Waals surface area contributed by atoms with Crippen LogP contribution in [0.2, 0.25) is 5.02 Å². The maximum Gasteiger partial charge on any atom is 0.282 e. The maximum absolute atomic E-state index is 13.4. The van der Waals surface area contributed by atoms with Crippen molar-refractivity contribution < 1.29 is 4.74 Å². The summed E-state index contributed by atoms with van der Waals surface area (Å²) < 4.78 is 8.17. The van der Waals surface area contributed by atoms with E-state index in [2.05, 4.69) is 21.0 Å². The van der Waals surface area contributed by atoms with Gasteiger partial charge in [0.25, 0.3) is 5.56 Å². The van der Waals surface area contributed by atoms with E-state index >= 15 is 0 Å². The third kappa shape index (κ3) is 4.85. The van der Waals surface area contributed by atoms with E-state index < -0.39 is 0 Å². The molecule has 1 heterocycles. The Bertz CT molecular complexity index is 1180. The highest BCUT2D eigenvalue weighted by atomic mass is 79.9. The van der Waals surface area contributed by atoms with E-state index in [1.807, 2.05) is 32.0 Å². The van der Waals surface area contributed by atoms with Gasteiger partial charge in [-0.1, -0.05) is 43.0 Å². The molecule has 1 aliphatic carbocycles. The van der Waals surface area contributed by atoms with Crippen LogP contribution in [-0.2, 0) is 0 Å². The molecule has 0 spiro atoms. The summed E-state index contributed by atoms with van der Waals surface area (Å²) in [6.45, 7) is 3.92. The molecule has 0 aliphatic heterocycles. The highest BCUT2D eigenvalue weighted by molar-refractivity contribution is 9.10. The lowest BCUT2D eigenvalue weighted by Crippen LogP contribution is -2.25. The van der Waals surface area contributed by atoms with Crippen molar-refractivity contribution in [3.05, 3.63) is 67.6 Å². The molecule has 1 aliphatic rings. The van der Waals surface area contributed by atoms with Crippen LogP contribution in [0.25, 0.3) is 10.9 Å². The molecule has 1 fully saturated rings. The fraction of sp³-hybridized carbons (Fsp3) is 0.375. The summed E-state index contributed by atoms with van der Waals surface area (Å²) in [5.74, 6) is 1.59. The first-order valence-electron chi connectivity index (χ1n) is 10.7. The van der Waals surface area contributed by atoms with Gasteiger partial charge in [0, 0.05) is 16.5 Å². The van der Waals surface area contributed by atoms with Crippen LogP contribution < -0.4 is 10.3 Å². The van der Waals surface area contributed by atoms with Crippen LogP contribution in [0.15, 0.2) is 50.8 Å². The minimum atomic E-state index is -0.158. The topological polar surface area (TPSA) is 56.5 Å². The van der Waals surface area contributed by atoms with E-state index in [-0.39, 0.29) is 17.6 Å². The lowest BCUT2D eigenvalue weighted by Gasteiger charge is -2.22. The molecule has 162 valence electrons. The van der Waals surface area contributed by atoms with Crippen LogP contribution >= 0.6 is 27.5 Å². The average molecular weight is 503 g/mol. The summed E-state index contributed by atoms with van der Waals surface area (Å²) in [5.41, 5.74) is 1.26. The third-order valence-corrected chi connectivity index (χ3v) is 6.26. The van der Waals surface area contributed by atoms with Crippen LogP contribution in [0.4, 0.5) is 0 Å². The molecule has 0 saturated heterocycles. The van der Waals surface area contributed by atoms with Gasteiger partial charge in [0.05, 0.1) is 27.7 Å². The molecule has 31 heavy (non-hydrogen) atoms. The molecule has 0 amide bonds. The Morgan fingerprint density at radius 1 is 1.23 bits per heavy atom. The number of nitrogens with zero attached hydrogens (tertiary/aromatic N) is 3. The fourth-order valence-electron chi connectivity index (χ4n) is 4.03. The molecule has 0 bridgehead atoms. The van der Waals surface area contributed by atoms with E-state index in [0.717, 1.165) is 36.0 Å². The van der Waals surface area contributed by atoms with Crippen molar-refractivity contribution in [3.8, 4) is 5.75 Å². The monoisotopic (exact) mass is 501 g/mol. The minimum absolute atomic E-state index is 0.0208. The normalized spacial score (nSPS) is 15.3. The molecule has 0 N–H and O–H groups in total. The van der Waals surface area contributed by atoms with Gasteiger partial charge < -0.3 is 4.74 Å². The quantitative estimate of drug-likeness (QED) is 0.373. The van der Waals surface area contributed by atoms with Crippen molar-refractivity contribution in [1.29, 1.82) is 0 Å².